The van der Waals surface area contributed by atoms with Crippen LogP contribution in [0, 0.1) is 0 Å². The van der Waals surface area contributed by atoms with Gasteiger partial charge < -0.3 is 20.1 Å². The van der Waals surface area contributed by atoms with E-state index in [9.17, 15) is 9.59 Å². The van der Waals surface area contributed by atoms with E-state index in [0.717, 1.165) is 11.0 Å². The third-order valence-electron chi connectivity index (χ3n) is 3.09. The Morgan fingerprint density at radius 3 is 2.76 bits per heavy atom. The first kappa shape index (κ1) is 15.3. The second-order valence-electron chi connectivity index (χ2n) is 4.61. The van der Waals surface area contributed by atoms with Gasteiger partial charge in [0, 0.05) is 27.2 Å². The summed E-state index contributed by atoms with van der Waals surface area (Å²) < 4.78 is 7.49. The SMILES string of the molecule is Cn1c(=O)c2[nH]c(NCCCOCCO)nc2n(C)c1=O. The number of ether oxygens (including phenoxy) is 1. The molecule has 3 N–H and O–H groups in total. The zero-order valence-electron chi connectivity index (χ0n) is 12.0. The zero-order chi connectivity index (χ0) is 15.4. The summed E-state index contributed by atoms with van der Waals surface area (Å²) in [5.41, 5.74) is -0.205. The first-order chi connectivity index (χ1) is 10.1. The second kappa shape index (κ2) is 6.55. The molecule has 0 saturated heterocycles. The molecular formula is C12H19N5O4. The minimum absolute atomic E-state index is 0.00826. The van der Waals surface area contributed by atoms with Gasteiger partial charge in [0.2, 0.25) is 5.95 Å². The maximum Gasteiger partial charge on any atom is 0.332 e. The Labute approximate surface area is 120 Å². The highest BCUT2D eigenvalue weighted by Gasteiger charge is 2.12. The Hall–Kier alpha value is -2.13. The summed E-state index contributed by atoms with van der Waals surface area (Å²) in [6.45, 7) is 1.45. The lowest BCUT2D eigenvalue weighted by atomic mass is 10.4. The number of H-pyrrole nitrogens is 1. The van der Waals surface area contributed by atoms with E-state index in [4.69, 9.17) is 9.84 Å². The summed E-state index contributed by atoms with van der Waals surface area (Å²) in [6.07, 6.45) is 0.730. The molecule has 0 aliphatic carbocycles. The van der Waals surface area contributed by atoms with Crippen LogP contribution in [0.4, 0.5) is 5.95 Å². The van der Waals surface area contributed by atoms with Crippen molar-refractivity contribution >= 4 is 17.1 Å². The van der Waals surface area contributed by atoms with Gasteiger partial charge in [-0.15, -0.1) is 0 Å². The van der Waals surface area contributed by atoms with Gasteiger partial charge in [-0.2, -0.15) is 4.98 Å². The molecule has 2 aromatic heterocycles. The molecule has 2 heterocycles. The molecular weight excluding hydrogens is 278 g/mol. The van der Waals surface area contributed by atoms with Crippen LogP contribution in [-0.2, 0) is 18.8 Å². The highest BCUT2D eigenvalue weighted by molar-refractivity contribution is 5.72. The molecule has 9 heteroatoms. The molecule has 0 aliphatic rings. The number of fused-ring (bicyclic) bond motifs is 1. The number of aryl methyl sites for hydroxylation is 1. The summed E-state index contributed by atoms with van der Waals surface area (Å²) in [5.74, 6) is 0.436. The van der Waals surface area contributed by atoms with E-state index >= 15 is 0 Å². The monoisotopic (exact) mass is 297 g/mol. The molecule has 9 nitrogen and oxygen atoms in total. The van der Waals surface area contributed by atoms with E-state index in [1.54, 1.807) is 7.05 Å². The quantitative estimate of drug-likeness (QED) is 0.551. The van der Waals surface area contributed by atoms with Gasteiger partial charge in [-0.05, 0) is 6.42 Å². The maximum atomic E-state index is 12.0. The van der Waals surface area contributed by atoms with E-state index in [1.165, 1.54) is 11.6 Å². The second-order valence-corrected chi connectivity index (χ2v) is 4.61. The van der Waals surface area contributed by atoms with E-state index in [2.05, 4.69) is 15.3 Å². The Bertz CT molecular complexity index is 730. The van der Waals surface area contributed by atoms with Crippen molar-refractivity contribution in [1.29, 1.82) is 0 Å². The number of anilines is 1. The van der Waals surface area contributed by atoms with Crippen molar-refractivity contribution in [3.8, 4) is 0 Å². The standard InChI is InChI=1S/C12H19N5O4/c1-16-9-8(10(19)17(2)12(16)20)14-11(15-9)13-4-3-6-21-7-5-18/h18H,3-7H2,1-2H3,(H2,13,14,15). The first-order valence-electron chi connectivity index (χ1n) is 6.64. The number of hydrogen-bond donors (Lipinski definition) is 3. The van der Waals surface area contributed by atoms with E-state index in [0.29, 0.717) is 36.9 Å². The number of aromatic amines is 1. The van der Waals surface area contributed by atoms with Crippen LogP contribution in [0.1, 0.15) is 6.42 Å². The average molecular weight is 297 g/mol. The van der Waals surface area contributed by atoms with Crippen LogP contribution < -0.4 is 16.6 Å². The molecule has 0 atom stereocenters. The van der Waals surface area contributed by atoms with Crippen molar-refractivity contribution in [2.24, 2.45) is 14.1 Å². The fourth-order valence-corrected chi connectivity index (χ4v) is 1.96. The lowest BCUT2D eigenvalue weighted by molar-refractivity contribution is 0.0922. The Morgan fingerprint density at radius 2 is 2.05 bits per heavy atom. The third kappa shape index (κ3) is 3.14. The Morgan fingerprint density at radius 1 is 1.29 bits per heavy atom. The fourth-order valence-electron chi connectivity index (χ4n) is 1.96. The van der Waals surface area contributed by atoms with Crippen LogP contribution >= 0.6 is 0 Å². The van der Waals surface area contributed by atoms with Crippen molar-refractivity contribution in [3.63, 3.8) is 0 Å². The molecule has 0 aliphatic heterocycles. The number of aliphatic hydroxyl groups excluding tert-OH is 1. The lowest BCUT2D eigenvalue weighted by Gasteiger charge is -2.03. The molecule has 0 bridgehead atoms. The molecule has 2 aromatic rings. The van der Waals surface area contributed by atoms with Crippen molar-refractivity contribution in [3.05, 3.63) is 20.8 Å². The summed E-state index contributed by atoms with van der Waals surface area (Å²) in [7, 11) is 2.99. The smallest absolute Gasteiger partial charge is 0.332 e. The normalized spacial score (nSPS) is 11.2. The highest BCUT2D eigenvalue weighted by atomic mass is 16.5. The van der Waals surface area contributed by atoms with Gasteiger partial charge in [-0.3, -0.25) is 13.9 Å². The summed E-state index contributed by atoms with van der Waals surface area (Å²) in [5, 5.41) is 11.6. The van der Waals surface area contributed by atoms with E-state index in [1.807, 2.05) is 0 Å². The Balaban J connectivity index is 2.10. The van der Waals surface area contributed by atoms with Crippen LogP contribution in [0.3, 0.4) is 0 Å². The van der Waals surface area contributed by atoms with E-state index in [-0.39, 0.29) is 6.61 Å². The molecule has 0 unspecified atom stereocenters. The third-order valence-corrected chi connectivity index (χ3v) is 3.09. The van der Waals surface area contributed by atoms with Gasteiger partial charge in [0.15, 0.2) is 11.2 Å². The van der Waals surface area contributed by atoms with Crippen molar-refractivity contribution in [1.82, 2.24) is 19.1 Å². The molecule has 0 fully saturated rings. The van der Waals surface area contributed by atoms with Gasteiger partial charge >= 0.3 is 5.69 Å². The molecule has 0 aromatic carbocycles. The van der Waals surface area contributed by atoms with Crippen molar-refractivity contribution < 1.29 is 9.84 Å². The average Bonchev–Trinajstić information content (AvgIpc) is 2.91. The van der Waals surface area contributed by atoms with Crippen LogP contribution in [-0.4, -0.2) is 50.6 Å². The van der Waals surface area contributed by atoms with Crippen LogP contribution in [0.5, 0.6) is 0 Å². The van der Waals surface area contributed by atoms with Gasteiger partial charge in [0.1, 0.15) is 0 Å². The molecule has 2 rings (SSSR count). The molecule has 0 spiro atoms. The van der Waals surface area contributed by atoms with Crippen LogP contribution in [0.2, 0.25) is 0 Å². The highest BCUT2D eigenvalue weighted by Crippen LogP contribution is 2.07. The summed E-state index contributed by atoms with van der Waals surface area (Å²) >= 11 is 0. The Kier molecular flexibility index (Phi) is 4.76. The van der Waals surface area contributed by atoms with Crippen LogP contribution in [0.15, 0.2) is 9.59 Å². The van der Waals surface area contributed by atoms with Gasteiger partial charge in [-0.1, -0.05) is 0 Å². The van der Waals surface area contributed by atoms with Crippen molar-refractivity contribution in [2.45, 2.75) is 6.42 Å². The fraction of sp³-hybridized carbons (Fsp3) is 0.583. The molecule has 0 amide bonds. The number of nitrogens with one attached hydrogen (secondary N) is 2. The molecule has 0 saturated carbocycles. The minimum atomic E-state index is -0.414. The molecule has 116 valence electrons. The van der Waals surface area contributed by atoms with Gasteiger partial charge in [0.05, 0.1) is 13.2 Å². The number of nitrogens with zero attached hydrogens (tertiary/aromatic N) is 3. The van der Waals surface area contributed by atoms with Gasteiger partial charge in [0.25, 0.3) is 5.56 Å². The lowest BCUT2D eigenvalue weighted by Crippen LogP contribution is -2.36. The van der Waals surface area contributed by atoms with E-state index < -0.39 is 11.2 Å². The van der Waals surface area contributed by atoms with Crippen molar-refractivity contribution in [2.75, 3.05) is 31.7 Å². The first-order valence-corrected chi connectivity index (χ1v) is 6.64. The number of aliphatic hydroxyl groups is 1. The number of rotatable bonds is 7. The number of hydrogen-bond acceptors (Lipinski definition) is 6. The number of aromatic nitrogens is 4. The molecule has 21 heavy (non-hydrogen) atoms. The van der Waals surface area contributed by atoms with Gasteiger partial charge in [-0.25, -0.2) is 4.79 Å². The maximum absolute atomic E-state index is 12.0. The topological polar surface area (TPSA) is 114 Å². The summed E-state index contributed by atoms with van der Waals surface area (Å²) in [6, 6.07) is 0. The molecule has 0 radical (unpaired) electrons. The predicted molar refractivity (Wildman–Crippen MR) is 77.6 cm³/mol. The number of imidazole rings is 1. The summed E-state index contributed by atoms with van der Waals surface area (Å²) in [4.78, 5) is 30.8. The minimum Gasteiger partial charge on any atom is -0.394 e. The van der Waals surface area contributed by atoms with Crippen LogP contribution in [0.25, 0.3) is 11.2 Å². The largest absolute Gasteiger partial charge is 0.394 e. The predicted octanol–water partition coefficient (Wildman–Crippen LogP) is -1.23. The zero-order valence-corrected chi connectivity index (χ0v) is 12.0.